The molecule has 1 heterocycles. The van der Waals surface area contributed by atoms with Crippen LogP contribution in [0.1, 0.15) is 21.4 Å². The summed E-state index contributed by atoms with van der Waals surface area (Å²) >= 11 is 1.56. The van der Waals surface area contributed by atoms with Crippen LogP contribution in [0.15, 0.2) is 36.4 Å². The molecule has 130 valence electrons. The lowest BCUT2D eigenvalue weighted by molar-refractivity contribution is -0.137. The van der Waals surface area contributed by atoms with Gasteiger partial charge in [-0.05, 0) is 37.3 Å². The highest BCUT2D eigenvalue weighted by molar-refractivity contribution is 7.12. The third-order valence-electron chi connectivity index (χ3n) is 3.26. The van der Waals surface area contributed by atoms with Gasteiger partial charge in [-0.25, -0.2) is 4.79 Å². The van der Waals surface area contributed by atoms with Crippen molar-refractivity contribution in [1.82, 2.24) is 5.32 Å². The Labute approximate surface area is 141 Å². The van der Waals surface area contributed by atoms with Crippen molar-refractivity contribution < 1.29 is 22.7 Å². The quantitative estimate of drug-likeness (QED) is 0.822. The molecule has 0 aliphatic carbocycles. The van der Waals surface area contributed by atoms with E-state index >= 15 is 0 Å². The van der Waals surface area contributed by atoms with Gasteiger partial charge in [-0.3, -0.25) is 0 Å². The first-order valence-electron chi connectivity index (χ1n) is 7.11. The number of aryl methyl sites for hydroxylation is 1. The number of hydrogen-bond donors (Lipinski definition) is 2. The number of thiophene rings is 1. The molecule has 0 radical (unpaired) electrons. The fourth-order valence-corrected chi connectivity index (χ4v) is 3.02. The van der Waals surface area contributed by atoms with E-state index in [0.29, 0.717) is 0 Å². The van der Waals surface area contributed by atoms with Gasteiger partial charge in [0.15, 0.2) is 0 Å². The van der Waals surface area contributed by atoms with E-state index in [0.717, 1.165) is 21.9 Å². The van der Waals surface area contributed by atoms with Crippen LogP contribution in [0.25, 0.3) is 0 Å². The molecule has 4 nitrogen and oxygen atoms in total. The first-order valence-corrected chi connectivity index (χ1v) is 7.92. The van der Waals surface area contributed by atoms with Crippen LogP contribution in [0.2, 0.25) is 0 Å². The third kappa shape index (κ3) is 4.97. The highest BCUT2D eigenvalue weighted by atomic mass is 32.1. The predicted octanol–water partition coefficient (Wildman–Crippen LogP) is 4.58. The average Bonchev–Trinajstić information content (AvgIpc) is 2.94. The number of carbonyl (C=O) groups excluding carboxylic acids is 1. The smallest absolute Gasteiger partial charge is 0.374 e. The van der Waals surface area contributed by atoms with E-state index in [1.54, 1.807) is 11.3 Å². The molecule has 2 amide bonds. The molecule has 2 rings (SSSR count). The van der Waals surface area contributed by atoms with E-state index in [1.165, 1.54) is 19.2 Å². The van der Waals surface area contributed by atoms with Gasteiger partial charge in [-0.15, -0.1) is 11.3 Å². The number of benzene rings is 1. The van der Waals surface area contributed by atoms with E-state index in [1.807, 2.05) is 19.1 Å². The summed E-state index contributed by atoms with van der Waals surface area (Å²) in [5.41, 5.74) is -0.743. The van der Waals surface area contributed by atoms with Crippen LogP contribution >= 0.6 is 11.3 Å². The van der Waals surface area contributed by atoms with E-state index in [9.17, 15) is 18.0 Å². The Morgan fingerprint density at radius 3 is 2.62 bits per heavy atom. The number of amides is 2. The second kappa shape index (κ2) is 7.67. The molecule has 2 aromatic rings. The molecule has 0 saturated carbocycles. The molecular weight excluding hydrogens is 341 g/mol. The van der Waals surface area contributed by atoms with Crippen molar-refractivity contribution in [2.24, 2.45) is 0 Å². The van der Waals surface area contributed by atoms with Gasteiger partial charge in [0.2, 0.25) is 0 Å². The molecule has 1 aromatic heterocycles. The Bertz CT molecular complexity index is 701. The SMILES string of the molecule is CO[C@@H](CNC(=O)Nc1cccc(C(F)(F)F)c1)c1ccc(C)s1. The normalized spacial score (nSPS) is 12.7. The van der Waals surface area contributed by atoms with Crippen LogP contribution in [-0.2, 0) is 10.9 Å². The van der Waals surface area contributed by atoms with Crippen molar-refractivity contribution in [2.45, 2.75) is 19.2 Å². The lowest BCUT2D eigenvalue weighted by Crippen LogP contribution is -2.32. The second-order valence-electron chi connectivity index (χ2n) is 5.09. The molecule has 8 heteroatoms. The molecule has 0 saturated heterocycles. The first kappa shape index (κ1) is 18.3. The lowest BCUT2D eigenvalue weighted by atomic mass is 10.2. The molecule has 1 aromatic carbocycles. The number of carbonyl (C=O) groups is 1. The summed E-state index contributed by atoms with van der Waals surface area (Å²) in [6.45, 7) is 2.18. The summed E-state index contributed by atoms with van der Waals surface area (Å²) in [7, 11) is 1.53. The Hall–Kier alpha value is -2.06. The lowest BCUT2D eigenvalue weighted by Gasteiger charge is -2.15. The Kier molecular flexibility index (Phi) is 5.84. The van der Waals surface area contributed by atoms with E-state index in [-0.39, 0.29) is 18.3 Å². The number of methoxy groups -OCH3 is 1. The second-order valence-corrected chi connectivity index (χ2v) is 6.41. The number of ether oxygens (including phenoxy) is 1. The highest BCUT2D eigenvalue weighted by Crippen LogP contribution is 2.30. The molecule has 1 atom stereocenters. The van der Waals surface area contributed by atoms with Crippen LogP contribution in [0.3, 0.4) is 0 Å². The molecule has 0 aliphatic rings. The zero-order valence-corrected chi connectivity index (χ0v) is 13.9. The monoisotopic (exact) mass is 358 g/mol. The van der Waals surface area contributed by atoms with Gasteiger partial charge in [0.1, 0.15) is 6.10 Å². The van der Waals surface area contributed by atoms with E-state index in [4.69, 9.17) is 4.74 Å². The van der Waals surface area contributed by atoms with Crippen LogP contribution in [0, 0.1) is 6.92 Å². The summed E-state index contributed by atoms with van der Waals surface area (Å²) in [5, 5.41) is 4.99. The largest absolute Gasteiger partial charge is 0.416 e. The van der Waals surface area contributed by atoms with Crippen LogP contribution in [0.4, 0.5) is 23.7 Å². The molecular formula is C16H17F3N2O2S. The topological polar surface area (TPSA) is 50.4 Å². The molecule has 0 bridgehead atoms. The van der Waals surface area contributed by atoms with Crippen molar-refractivity contribution in [3.05, 3.63) is 51.7 Å². The number of rotatable bonds is 5. The molecule has 0 spiro atoms. The minimum atomic E-state index is -4.45. The standard InChI is InChI=1S/C16H17F3N2O2S/c1-10-6-7-14(24-10)13(23-2)9-20-15(22)21-12-5-3-4-11(8-12)16(17,18)19/h3-8,13H,9H2,1-2H3,(H2,20,21,22)/t13-/m0/s1. The van der Waals surface area contributed by atoms with Crippen molar-refractivity contribution in [3.63, 3.8) is 0 Å². The zero-order chi connectivity index (χ0) is 17.7. The predicted molar refractivity (Wildman–Crippen MR) is 87.3 cm³/mol. The minimum Gasteiger partial charge on any atom is -0.374 e. The van der Waals surface area contributed by atoms with Crippen molar-refractivity contribution >= 4 is 23.1 Å². The van der Waals surface area contributed by atoms with Gasteiger partial charge in [0.25, 0.3) is 0 Å². The fraction of sp³-hybridized carbons (Fsp3) is 0.312. The van der Waals surface area contributed by atoms with Gasteiger partial charge in [-0.1, -0.05) is 6.07 Å². The maximum atomic E-state index is 12.7. The first-order chi connectivity index (χ1) is 11.3. The molecule has 0 aliphatic heterocycles. The maximum Gasteiger partial charge on any atom is 0.416 e. The third-order valence-corrected chi connectivity index (χ3v) is 4.35. The average molecular weight is 358 g/mol. The van der Waals surface area contributed by atoms with Crippen molar-refractivity contribution in [1.29, 1.82) is 0 Å². The van der Waals surface area contributed by atoms with Crippen LogP contribution in [-0.4, -0.2) is 19.7 Å². The van der Waals surface area contributed by atoms with Gasteiger partial charge >= 0.3 is 12.2 Å². The molecule has 24 heavy (non-hydrogen) atoms. The van der Waals surface area contributed by atoms with Crippen LogP contribution in [0.5, 0.6) is 0 Å². The van der Waals surface area contributed by atoms with E-state index < -0.39 is 17.8 Å². The van der Waals surface area contributed by atoms with Gasteiger partial charge in [0.05, 0.1) is 12.1 Å². The van der Waals surface area contributed by atoms with Crippen molar-refractivity contribution in [2.75, 3.05) is 19.0 Å². The maximum absolute atomic E-state index is 12.7. The Balaban J connectivity index is 1.93. The zero-order valence-electron chi connectivity index (χ0n) is 13.1. The number of nitrogens with one attached hydrogen (secondary N) is 2. The van der Waals surface area contributed by atoms with E-state index in [2.05, 4.69) is 10.6 Å². The number of hydrogen-bond acceptors (Lipinski definition) is 3. The molecule has 2 N–H and O–H groups in total. The summed E-state index contributed by atoms with van der Waals surface area (Å²) in [6, 6.07) is 7.74. The Morgan fingerprint density at radius 1 is 1.29 bits per heavy atom. The number of anilines is 1. The number of alkyl halides is 3. The summed E-state index contributed by atoms with van der Waals surface area (Å²) in [5.74, 6) is 0. The minimum absolute atomic E-state index is 0.0725. The Morgan fingerprint density at radius 2 is 2.04 bits per heavy atom. The number of halogens is 3. The molecule has 0 unspecified atom stereocenters. The highest BCUT2D eigenvalue weighted by Gasteiger charge is 2.30. The summed E-state index contributed by atoms with van der Waals surface area (Å²) in [4.78, 5) is 14.0. The van der Waals surface area contributed by atoms with Crippen LogP contribution < -0.4 is 10.6 Å². The van der Waals surface area contributed by atoms with Crippen molar-refractivity contribution in [3.8, 4) is 0 Å². The summed E-state index contributed by atoms with van der Waals surface area (Å²) < 4.78 is 43.3. The fourth-order valence-electron chi connectivity index (χ4n) is 2.06. The molecule has 0 fully saturated rings. The van der Waals surface area contributed by atoms with Gasteiger partial charge in [-0.2, -0.15) is 13.2 Å². The van der Waals surface area contributed by atoms with Gasteiger partial charge in [0, 0.05) is 22.6 Å². The summed E-state index contributed by atoms with van der Waals surface area (Å²) in [6.07, 6.45) is -4.76. The number of urea groups is 1. The van der Waals surface area contributed by atoms with Gasteiger partial charge < -0.3 is 15.4 Å².